The molecule has 0 spiro atoms. The molecule has 3 unspecified atom stereocenters. The Morgan fingerprint density at radius 2 is 2.00 bits per heavy atom. The number of aromatic nitrogens is 2. The molecule has 2 aliphatic carbocycles. The van der Waals surface area contributed by atoms with Crippen LogP contribution in [-0.4, -0.2) is 73.8 Å². The van der Waals surface area contributed by atoms with Crippen molar-refractivity contribution in [3.63, 3.8) is 0 Å². The first kappa shape index (κ1) is 24.7. The van der Waals surface area contributed by atoms with Gasteiger partial charge in [-0.15, -0.1) is 0 Å². The lowest BCUT2D eigenvalue weighted by Gasteiger charge is -2.37. The van der Waals surface area contributed by atoms with E-state index < -0.39 is 58.9 Å². The normalized spacial score (nSPS) is 25.4. The van der Waals surface area contributed by atoms with Gasteiger partial charge in [-0.2, -0.15) is 13.9 Å². The van der Waals surface area contributed by atoms with Crippen LogP contribution in [0, 0.1) is 11.8 Å². The smallest absolute Gasteiger partial charge is 0.299 e. The molecule has 3 fully saturated rings. The predicted octanol–water partition coefficient (Wildman–Crippen LogP) is 3.67. The summed E-state index contributed by atoms with van der Waals surface area (Å²) in [6, 6.07) is -0.603. The van der Waals surface area contributed by atoms with E-state index >= 15 is 0 Å². The Balaban J connectivity index is 1.54. The maximum absolute atomic E-state index is 13.9. The summed E-state index contributed by atoms with van der Waals surface area (Å²) in [7, 11) is 1.34. The Bertz CT molecular complexity index is 1050. The van der Waals surface area contributed by atoms with Crippen LogP contribution in [0.25, 0.3) is 11.8 Å². The Morgan fingerprint density at radius 1 is 1.32 bits per heavy atom. The number of nitrogens with zero attached hydrogens (tertiary/aromatic N) is 4. The summed E-state index contributed by atoms with van der Waals surface area (Å²) in [5, 5.41) is 14.6. The summed E-state index contributed by atoms with van der Waals surface area (Å²) in [6.07, 6.45) is 4.83. The molecule has 2 heterocycles. The van der Waals surface area contributed by atoms with Gasteiger partial charge in [0.25, 0.3) is 17.5 Å². The highest BCUT2D eigenvalue weighted by atomic mass is 31.0. The number of carbonyl (C=O) groups is 2. The summed E-state index contributed by atoms with van der Waals surface area (Å²) >= 11 is 0. The van der Waals surface area contributed by atoms with Crippen molar-refractivity contribution in [2.45, 2.75) is 50.2 Å². The van der Waals surface area contributed by atoms with Crippen LogP contribution < -0.4 is 0 Å². The van der Waals surface area contributed by atoms with Gasteiger partial charge < -0.3 is 14.9 Å². The van der Waals surface area contributed by atoms with Gasteiger partial charge in [0.2, 0.25) is 5.91 Å². The van der Waals surface area contributed by atoms with E-state index in [4.69, 9.17) is 0 Å². The molecule has 1 aromatic heterocycles. The molecule has 1 saturated heterocycles. The number of hydrogen-bond donors (Lipinski definition) is 1. The fraction of sp³-hybridized carbons (Fsp3) is 0.591. The number of hydrogen-bond acceptors (Lipinski definition) is 4. The molecule has 3 atom stereocenters. The number of piperazine rings is 1. The molecular weight excluding hydrogens is 475 g/mol. The molecule has 1 aliphatic heterocycles. The second-order valence-corrected chi connectivity index (χ2v) is 10.1. The van der Waals surface area contributed by atoms with Crippen LogP contribution in [0.2, 0.25) is 0 Å². The third-order valence-corrected chi connectivity index (χ3v) is 7.06. The number of carbonyl (C=O) groups excluding carboxylic acids is 2. The van der Waals surface area contributed by atoms with Crippen molar-refractivity contribution in [3.05, 3.63) is 24.0 Å². The minimum Gasteiger partial charge on any atom is -0.504 e. The molecule has 1 N–H and O–H groups in total. The van der Waals surface area contributed by atoms with Gasteiger partial charge in [0, 0.05) is 31.5 Å². The quantitative estimate of drug-likeness (QED) is 0.476. The average molecular weight is 502 g/mol. The Kier molecular flexibility index (Phi) is 6.29. The van der Waals surface area contributed by atoms with Gasteiger partial charge in [0.1, 0.15) is 17.9 Å². The van der Waals surface area contributed by atoms with Gasteiger partial charge in [-0.25, -0.2) is 13.5 Å². The van der Waals surface area contributed by atoms with E-state index in [0.29, 0.717) is 0 Å². The van der Waals surface area contributed by atoms with Crippen LogP contribution in [0.15, 0.2) is 12.7 Å². The molecule has 0 aromatic carbocycles. The van der Waals surface area contributed by atoms with E-state index in [1.807, 2.05) is 0 Å². The van der Waals surface area contributed by atoms with Gasteiger partial charge in [-0.05, 0) is 31.3 Å². The van der Waals surface area contributed by atoms with Crippen LogP contribution in [0.4, 0.5) is 17.6 Å². The zero-order valence-electron chi connectivity index (χ0n) is 18.7. The van der Waals surface area contributed by atoms with Crippen molar-refractivity contribution >= 4 is 32.8 Å². The molecular formula is C22H27F4N4O3P. The average Bonchev–Trinajstić information content (AvgIpc) is 3.46. The predicted molar refractivity (Wildman–Crippen MR) is 120 cm³/mol. The number of rotatable bonds is 6. The first-order chi connectivity index (χ1) is 15.8. The molecule has 7 nitrogen and oxygen atoms in total. The zero-order valence-corrected chi connectivity index (χ0v) is 19.8. The van der Waals surface area contributed by atoms with Crippen LogP contribution in [-0.2, 0) is 4.79 Å². The van der Waals surface area contributed by atoms with Crippen molar-refractivity contribution in [2.75, 3.05) is 19.6 Å². The van der Waals surface area contributed by atoms with Crippen molar-refractivity contribution in [2.24, 2.45) is 11.8 Å². The first-order valence-corrected chi connectivity index (χ1v) is 11.7. The fourth-order valence-electron chi connectivity index (χ4n) is 4.39. The molecule has 12 heteroatoms. The summed E-state index contributed by atoms with van der Waals surface area (Å²) < 4.78 is 56.4. The lowest BCUT2D eigenvalue weighted by Crippen LogP contribution is -2.55. The second-order valence-electron chi connectivity index (χ2n) is 9.33. The van der Waals surface area contributed by atoms with E-state index in [0.717, 1.165) is 22.4 Å². The maximum atomic E-state index is 13.9. The van der Waals surface area contributed by atoms with Crippen LogP contribution in [0.5, 0.6) is 5.75 Å². The highest BCUT2D eigenvalue weighted by Gasteiger charge is 2.49. The number of alkyl halides is 4. The van der Waals surface area contributed by atoms with Crippen LogP contribution in [0.1, 0.15) is 48.8 Å². The monoisotopic (exact) mass is 502 g/mol. The number of allylic oxidation sites excluding steroid dienone is 2. The molecule has 3 aliphatic rings. The molecule has 2 saturated carbocycles. The molecule has 2 amide bonds. The SMILES string of the molecule is C=C(n1nc(C(=O)N2CCN(C3CC(C)C(F)(F)C3)C(=O)C2)c(O)c1/C=C/C1CC1)C(F)(F)P. The van der Waals surface area contributed by atoms with Gasteiger partial charge in [-0.1, -0.05) is 28.8 Å². The first-order valence-electron chi connectivity index (χ1n) is 11.1. The molecule has 34 heavy (non-hydrogen) atoms. The summed E-state index contributed by atoms with van der Waals surface area (Å²) in [6.45, 7) is 4.52. The maximum Gasteiger partial charge on any atom is 0.299 e. The van der Waals surface area contributed by atoms with Crippen LogP contribution >= 0.6 is 9.24 Å². The fourth-order valence-corrected chi connectivity index (χ4v) is 4.51. The Hall–Kier alpha value is -2.42. The third kappa shape index (κ3) is 4.72. The molecule has 186 valence electrons. The van der Waals surface area contributed by atoms with E-state index in [-0.39, 0.29) is 37.7 Å². The van der Waals surface area contributed by atoms with Gasteiger partial charge in [0.05, 0.1) is 0 Å². The lowest BCUT2D eigenvalue weighted by molar-refractivity contribution is -0.138. The molecule has 1 aromatic rings. The number of halogens is 4. The standard InChI is InChI=1S/C22H27F4N4O3P/c1-12-9-15(10-21(12,23)24)29-8-7-28(11-17(29)31)20(33)18-19(32)16(6-5-14-3-4-14)30(27-18)13(2)22(25,26)34/h5-6,12,14-15,32H,2-4,7-11,34H2,1H3/b6-5+. The van der Waals surface area contributed by atoms with E-state index in [9.17, 15) is 32.3 Å². The summed E-state index contributed by atoms with van der Waals surface area (Å²) in [5.74, 6) is -5.29. The second kappa shape index (κ2) is 8.66. The number of aromatic hydroxyl groups is 1. The highest BCUT2D eigenvalue weighted by molar-refractivity contribution is 7.19. The Labute approximate surface area is 196 Å². The van der Waals surface area contributed by atoms with E-state index in [1.54, 1.807) is 6.08 Å². The van der Waals surface area contributed by atoms with Crippen LogP contribution in [0.3, 0.4) is 0 Å². The van der Waals surface area contributed by atoms with Crippen molar-refractivity contribution in [1.82, 2.24) is 19.6 Å². The topological polar surface area (TPSA) is 78.7 Å². The number of amides is 2. The molecule has 0 radical (unpaired) electrons. The minimum absolute atomic E-state index is 0.0430. The summed E-state index contributed by atoms with van der Waals surface area (Å²) in [5.41, 5.74) is -4.77. The Morgan fingerprint density at radius 3 is 2.53 bits per heavy atom. The van der Waals surface area contributed by atoms with Crippen molar-refractivity contribution in [1.29, 1.82) is 0 Å². The minimum atomic E-state index is -3.44. The lowest BCUT2D eigenvalue weighted by atomic mass is 10.1. The largest absolute Gasteiger partial charge is 0.504 e. The van der Waals surface area contributed by atoms with Crippen molar-refractivity contribution in [3.8, 4) is 5.75 Å². The summed E-state index contributed by atoms with van der Waals surface area (Å²) in [4.78, 5) is 28.3. The zero-order chi connectivity index (χ0) is 25.0. The molecule has 4 rings (SSSR count). The third-order valence-electron chi connectivity index (χ3n) is 6.73. The van der Waals surface area contributed by atoms with E-state index in [2.05, 4.69) is 11.7 Å². The van der Waals surface area contributed by atoms with Gasteiger partial charge >= 0.3 is 0 Å². The highest BCUT2D eigenvalue weighted by Crippen LogP contribution is 2.43. The van der Waals surface area contributed by atoms with Crippen molar-refractivity contribution < 1.29 is 32.3 Å². The van der Waals surface area contributed by atoms with Gasteiger partial charge in [-0.3, -0.25) is 9.59 Å². The van der Waals surface area contributed by atoms with E-state index in [1.165, 1.54) is 27.1 Å². The van der Waals surface area contributed by atoms with Gasteiger partial charge in [0.15, 0.2) is 11.4 Å². The molecule has 0 bridgehead atoms.